The number of hydrogen-bond donors (Lipinski definition) is 1. The molecule has 0 saturated heterocycles. The molecule has 1 N–H and O–H groups in total. The average Bonchev–Trinajstić information content (AvgIpc) is 3.27. The van der Waals surface area contributed by atoms with Crippen LogP contribution in [0.3, 0.4) is 0 Å². The van der Waals surface area contributed by atoms with Crippen LogP contribution in [0.25, 0.3) is 16.3 Å². The largest absolute Gasteiger partial charge is 0.344 e. The number of nitrogens with one attached hydrogen (secondary N) is 1. The van der Waals surface area contributed by atoms with Crippen LogP contribution >= 0.6 is 11.3 Å². The molecule has 0 bridgehead atoms. The summed E-state index contributed by atoms with van der Waals surface area (Å²) in [6.45, 7) is 0.325. The fourth-order valence-electron chi connectivity index (χ4n) is 2.18. The van der Waals surface area contributed by atoms with Gasteiger partial charge in [0.05, 0.1) is 12.2 Å². The van der Waals surface area contributed by atoms with Gasteiger partial charge in [-0.1, -0.05) is 30.3 Å². The van der Waals surface area contributed by atoms with E-state index in [9.17, 15) is 4.79 Å². The summed E-state index contributed by atoms with van der Waals surface area (Å²) in [6, 6.07) is 11.7. The van der Waals surface area contributed by atoms with E-state index in [1.54, 1.807) is 29.8 Å². The standard InChI is InChI=1S/C16H12N6OS/c23-14(13-20-16-17-7-4-8-22(16)21-13)18-9-12-10-24-15(19-12)11-5-2-1-3-6-11/h1-8,10H,9H2,(H,18,23). The van der Waals surface area contributed by atoms with E-state index in [0.717, 1.165) is 16.3 Å². The molecule has 0 unspecified atom stereocenters. The molecule has 0 aliphatic rings. The quantitative estimate of drug-likeness (QED) is 0.617. The minimum atomic E-state index is -0.352. The Kier molecular flexibility index (Phi) is 3.72. The smallest absolute Gasteiger partial charge is 0.291 e. The molecule has 0 atom stereocenters. The van der Waals surface area contributed by atoms with Crippen LogP contribution in [-0.4, -0.2) is 30.5 Å². The molecule has 8 heteroatoms. The van der Waals surface area contributed by atoms with Crippen molar-refractivity contribution in [2.24, 2.45) is 0 Å². The topological polar surface area (TPSA) is 85.1 Å². The van der Waals surface area contributed by atoms with Crippen molar-refractivity contribution in [3.8, 4) is 10.6 Å². The molecule has 0 spiro atoms. The lowest BCUT2D eigenvalue weighted by Crippen LogP contribution is -2.24. The van der Waals surface area contributed by atoms with E-state index in [0.29, 0.717) is 12.3 Å². The van der Waals surface area contributed by atoms with Crippen molar-refractivity contribution in [2.75, 3.05) is 0 Å². The Hall–Kier alpha value is -3.13. The van der Waals surface area contributed by atoms with E-state index in [1.165, 1.54) is 4.52 Å². The van der Waals surface area contributed by atoms with Gasteiger partial charge in [0, 0.05) is 23.3 Å². The molecule has 0 radical (unpaired) electrons. The fraction of sp³-hybridized carbons (Fsp3) is 0.0625. The first-order valence-corrected chi connectivity index (χ1v) is 8.13. The van der Waals surface area contributed by atoms with Crippen molar-refractivity contribution in [1.82, 2.24) is 29.9 Å². The van der Waals surface area contributed by atoms with E-state index < -0.39 is 0 Å². The molecule has 1 amide bonds. The second-order valence-electron chi connectivity index (χ2n) is 4.99. The Morgan fingerprint density at radius 2 is 2.04 bits per heavy atom. The Bertz CT molecular complexity index is 961. The summed E-state index contributed by atoms with van der Waals surface area (Å²) in [7, 11) is 0. The van der Waals surface area contributed by atoms with Gasteiger partial charge in [-0.2, -0.15) is 4.98 Å². The van der Waals surface area contributed by atoms with Crippen LogP contribution in [0, 0.1) is 0 Å². The van der Waals surface area contributed by atoms with Crippen LogP contribution in [0.1, 0.15) is 16.3 Å². The summed E-state index contributed by atoms with van der Waals surface area (Å²) < 4.78 is 1.46. The summed E-state index contributed by atoms with van der Waals surface area (Å²) in [5.41, 5.74) is 1.86. The van der Waals surface area contributed by atoms with Gasteiger partial charge < -0.3 is 5.32 Å². The van der Waals surface area contributed by atoms with Crippen molar-refractivity contribution in [3.63, 3.8) is 0 Å². The highest BCUT2D eigenvalue weighted by atomic mass is 32.1. The molecule has 24 heavy (non-hydrogen) atoms. The van der Waals surface area contributed by atoms with Gasteiger partial charge in [0.25, 0.3) is 11.7 Å². The molecule has 0 saturated carbocycles. The summed E-state index contributed by atoms with van der Waals surface area (Å²) in [6.07, 6.45) is 3.30. The maximum Gasteiger partial charge on any atom is 0.291 e. The van der Waals surface area contributed by atoms with Crippen LogP contribution < -0.4 is 5.32 Å². The lowest BCUT2D eigenvalue weighted by Gasteiger charge is -1.99. The normalized spacial score (nSPS) is 10.8. The molecule has 0 aliphatic heterocycles. The van der Waals surface area contributed by atoms with Gasteiger partial charge in [-0.15, -0.1) is 16.4 Å². The molecular weight excluding hydrogens is 324 g/mol. The molecule has 1 aromatic carbocycles. The van der Waals surface area contributed by atoms with Crippen molar-refractivity contribution in [1.29, 1.82) is 0 Å². The zero-order valence-electron chi connectivity index (χ0n) is 12.5. The Balaban J connectivity index is 1.45. The van der Waals surface area contributed by atoms with Gasteiger partial charge in [0.1, 0.15) is 5.01 Å². The molecule has 4 aromatic rings. The minimum absolute atomic E-state index is 0.0900. The zero-order valence-corrected chi connectivity index (χ0v) is 13.3. The second-order valence-corrected chi connectivity index (χ2v) is 5.85. The van der Waals surface area contributed by atoms with Crippen LogP contribution in [0.15, 0.2) is 54.2 Å². The molecule has 4 rings (SSSR count). The lowest BCUT2D eigenvalue weighted by molar-refractivity contribution is 0.0940. The van der Waals surface area contributed by atoms with Crippen LogP contribution in [0.5, 0.6) is 0 Å². The van der Waals surface area contributed by atoms with E-state index in [-0.39, 0.29) is 11.7 Å². The van der Waals surface area contributed by atoms with Gasteiger partial charge in [-0.25, -0.2) is 14.5 Å². The summed E-state index contributed by atoms with van der Waals surface area (Å²) >= 11 is 1.55. The SMILES string of the molecule is O=C(NCc1csc(-c2ccccc2)n1)c1nc2ncccn2n1. The second kappa shape index (κ2) is 6.17. The molecular formula is C16H12N6OS. The van der Waals surface area contributed by atoms with E-state index in [1.807, 2.05) is 35.7 Å². The van der Waals surface area contributed by atoms with Crippen molar-refractivity contribution in [2.45, 2.75) is 6.54 Å². The zero-order chi connectivity index (χ0) is 16.4. The molecule has 0 aliphatic carbocycles. The molecule has 0 fully saturated rings. The predicted molar refractivity (Wildman–Crippen MR) is 89.5 cm³/mol. The van der Waals surface area contributed by atoms with Gasteiger partial charge in [0.15, 0.2) is 0 Å². The summed E-state index contributed by atoms with van der Waals surface area (Å²) in [4.78, 5) is 24.8. The highest BCUT2D eigenvalue weighted by Gasteiger charge is 2.13. The van der Waals surface area contributed by atoms with Crippen LogP contribution in [0.2, 0.25) is 0 Å². The van der Waals surface area contributed by atoms with Crippen molar-refractivity contribution in [3.05, 3.63) is 65.7 Å². The Morgan fingerprint density at radius 1 is 1.17 bits per heavy atom. The number of rotatable bonds is 4. The number of fused-ring (bicyclic) bond motifs is 1. The number of benzene rings is 1. The third-order valence-electron chi connectivity index (χ3n) is 3.32. The van der Waals surface area contributed by atoms with Gasteiger partial charge in [-0.3, -0.25) is 4.79 Å². The number of amides is 1. The molecule has 3 heterocycles. The van der Waals surface area contributed by atoms with Crippen molar-refractivity contribution >= 4 is 23.0 Å². The molecule has 3 aromatic heterocycles. The first kappa shape index (κ1) is 14.5. The first-order valence-electron chi connectivity index (χ1n) is 7.25. The Labute approximate surface area is 141 Å². The minimum Gasteiger partial charge on any atom is -0.344 e. The van der Waals surface area contributed by atoms with E-state index in [2.05, 4.69) is 25.4 Å². The van der Waals surface area contributed by atoms with Crippen molar-refractivity contribution < 1.29 is 4.79 Å². The van der Waals surface area contributed by atoms with Gasteiger partial charge in [-0.05, 0) is 6.07 Å². The molecule has 118 valence electrons. The monoisotopic (exact) mass is 336 g/mol. The third kappa shape index (κ3) is 2.86. The Morgan fingerprint density at radius 3 is 2.88 bits per heavy atom. The highest BCUT2D eigenvalue weighted by Crippen LogP contribution is 2.23. The summed E-state index contributed by atoms with van der Waals surface area (Å²) in [5.74, 6) is 0.129. The molecule has 7 nitrogen and oxygen atoms in total. The average molecular weight is 336 g/mol. The van der Waals surface area contributed by atoms with Crippen LogP contribution in [0.4, 0.5) is 0 Å². The number of nitrogens with zero attached hydrogens (tertiary/aromatic N) is 5. The van der Waals surface area contributed by atoms with Gasteiger partial charge >= 0.3 is 0 Å². The number of carbonyl (C=O) groups excluding carboxylic acids is 1. The number of aromatic nitrogens is 5. The first-order chi connectivity index (χ1) is 11.8. The van der Waals surface area contributed by atoms with E-state index >= 15 is 0 Å². The fourth-order valence-corrected chi connectivity index (χ4v) is 3.01. The maximum absolute atomic E-state index is 12.2. The number of thiazole rings is 1. The number of carbonyl (C=O) groups is 1. The summed E-state index contributed by atoms with van der Waals surface area (Å²) in [5, 5.41) is 9.73. The third-order valence-corrected chi connectivity index (χ3v) is 4.26. The van der Waals surface area contributed by atoms with E-state index in [4.69, 9.17) is 0 Å². The van der Waals surface area contributed by atoms with Crippen LogP contribution in [-0.2, 0) is 6.54 Å². The maximum atomic E-state index is 12.2. The highest BCUT2D eigenvalue weighted by molar-refractivity contribution is 7.13. The number of hydrogen-bond acceptors (Lipinski definition) is 6. The van der Waals surface area contributed by atoms with Gasteiger partial charge in [0.2, 0.25) is 5.82 Å². The lowest BCUT2D eigenvalue weighted by atomic mass is 10.2. The predicted octanol–water partition coefficient (Wildman–Crippen LogP) is 2.18.